The van der Waals surface area contributed by atoms with Crippen molar-refractivity contribution in [2.24, 2.45) is 0 Å². The summed E-state index contributed by atoms with van der Waals surface area (Å²) in [6.07, 6.45) is -31.0. The molecule has 494 valence electrons. The van der Waals surface area contributed by atoms with Crippen molar-refractivity contribution in [1.82, 2.24) is 9.13 Å². The van der Waals surface area contributed by atoms with Gasteiger partial charge in [0.15, 0.2) is 0 Å². The van der Waals surface area contributed by atoms with Gasteiger partial charge in [0.05, 0.1) is 78.5 Å². The Hall–Kier alpha value is -10.8. The van der Waals surface area contributed by atoms with Gasteiger partial charge in [0.1, 0.15) is 0 Å². The van der Waals surface area contributed by atoms with E-state index in [-0.39, 0.29) is 106 Å². The number of rotatable bonds is 8. The highest BCUT2D eigenvalue weighted by molar-refractivity contribution is 6.15. The van der Waals surface area contributed by atoms with Crippen molar-refractivity contribution in [2.75, 3.05) is 0 Å². The lowest BCUT2D eigenvalue weighted by Gasteiger charge is -2.24. The first-order valence-electron chi connectivity index (χ1n) is 29.8. The number of hydrogen-bond donors (Lipinski definition) is 0. The third-order valence-electron chi connectivity index (χ3n) is 17.7. The van der Waals surface area contributed by atoms with E-state index in [9.17, 15) is 44.8 Å². The summed E-state index contributed by atoms with van der Waals surface area (Å²) in [7, 11) is 0. The van der Waals surface area contributed by atoms with Crippen LogP contribution in [0, 0.1) is 39.0 Å². The fraction of sp³-hybridized carbons (Fsp3) is 0.130. The van der Waals surface area contributed by atoms with E-state index < -0.39 is 87.1 Å². The number of benzene rings is 11. The molecule has 0 unspecified atom stereocenters. The van der Waals surface area contributed by atoms with Crippen molar-refractivity contribution in [3.8, 4) is 84.2 Å². The number of fused-ring (bicyclic) bond motifs is 6. The fourth-order valence-corrected chi connectivity index (χ4v) is 13.4. The van der Waals surface area contributed by atoms with E-state index in [1.165, 1.54) is 122 Å². The van der Waals surface area contributed by atoms with E-state index in [4.69, 9.17) is 0 Å². The minimum atomic E-state index is -5.53. The number of nitriles is 1. The van der Waals surface area contributed by atoms with Crippen molar-refractivity contribution in [3.05, 3.63) is 261 Å². The summed E-state index contributed by atoms with van der Waals surface area (Å²) in [5.41, 5.74) is -6.98. The van der Waals surface area contributed by atoms with Crippen LogP contribution in [0.5, 0.6) is 0 Å². The van der Waals surface area contributed by atoms with E-state index >= 15 is 39.5 Å². The average molecular weight is 1350 g/mol. The van der Waals surface area contributed by atoms with Gasteiger partial charge in [-0.2, -0.15) is 84.3 Å². The topological polar surface area (TPSA) is 33.6 Å². The monoisotopic (exact) mass is 1350 g/mol. The Morgan fingerprint density at radius 3 is 1.03 bits per heavy atom. The molecule has 0 spiro atoms. The van der Waals surface area contributed by atoms with Crippen LogP contribution in [0.2, 0.25) is 0 Å². The van der Waals surface area contributed by atoms with E-state index in [1.54, 1.807) is 28.8 Å². The van der Waals surface area contributed by atoms with Crippen LogP contribution in [0.4, 0.5) is 79.0 Å². The first-order valence-corrected chi connectivity index (χ1v) is 29.8. The molecule has 0 saturated heterocycles. The zero-order valence-electron chi connectivity index (χ0n) is 51.2. The van der Waals surface area contributed by atoms with Gasteiger partial charge in [-0.1, -0.05) is 102 Å². The van der Waals surface area contributed by atoms with Crippen LogP contribution in [0.1, 0.15) is 61.2 Å². The highest BCUT2D eigenvalue weighted by Gasteiger charge is 2.42. The molecule has 21 heteroatoms. The van der Waals surface area contributed by atoms with Crippen LogP contribution in [-0.2, 0) is 37.1 Å². The maximum atomic E-state index is 15.9. The molecule has 0 saturated carbocycles. The molecule has 0 atom stereocenters. The lowest BCUT2D eigenvalue weighted by Crippen LogP contribution is -2.13. The molecule has 2 aromatic heterocycles. The lowest BCUT2D eigenvalue weighted by molar-refractivity contribution is -0.144. The average Bonchev–Trinajstić information content (AvgIpc) is 1.53. The van der Waals surface area contributed by atoms with E-state index in [0.29, 0.717) is 51.9 Å². The molecule has 0 amide bonds. The molecule has 3 nitrogen and oxygen atoms in total. The van der Waals surface area contributed by atoms with E-state index in [0.717, 1.165) is 29.3 Å². The summed E-state index contributed by atoms with van der Waals surface area (Å²) in [6, 6.07) is 42.8. The van der Waals surface area contributed by atoms with Gasteiger partial charge in [-0.3, -0.25) is 0 Å². The molecule has 0 fully saturated rings. The summed E-state index contributed by atoms with van der Waals surface area (Å²) < 4.78 is 269. The van der Waals surface area contributed by atoms with Crippen LogP contribution < -0.4 is 0 Å². The summed E-state index contributed by atoms with van der Waals surface area (Å²) in [6.45, 7) is 6.61. The van der Waals surface area contributed by atoms with Crippen molar-refractivity contribution in [2.45, 2.75) is 64.8 Å². The number of alkyl halides is 18. The van der Waals surface area contributed by atoms with Gasteiger partial charge in [0, 0.05) is 32.7 Å². The second kappa shape index (κ2) is 23.2. The number of nitrogens with zero attached hydrogens (tertiary/aromatic N) is 3. The summed E-state index contributed by atoms with van der Waals surface area (Å²) in [5, 5.41) is 12.4. The molecule has 0 N–H and O–H groups in total. The van der Waals surface area contributed by atoms with Gasteiger partial charge in [0.2, 0.25) is 0 Å². The van der Waals surface area contributed by atoms with Crippen molar-refractivity contribution in [3.63, 3.8) is 0 Å². The fourth-order valence-electron chi connectivity index (χ4n) is 13.4. The first kappa shape index (κ1) is 65.9. The van der Waals surface area contributed by atoms with Crippen molar-refractivity contribution >= 4 is 43.6 Å². The molecule has 0 bridgehead atoms. The van der Waals surface area contributed by atoms with Crippen LogP contribution >= 0.6 is 0 Å². The van der Waals surface area contributed by atoms with Gasteiger partial charge < -0.3 is 9.13 Å². The van der Waals surface area contributed by atoms with Gasteiger partial charge in [-0.05, 0) is 204 Å². The molecule has 2 heterocycles. The SMILES string of the molecule is Cc1ccc(-c2ccc3c(c2)c2cc(-c4ccc(C(F)(F)F)cc4C(F)(F)F)ccc2n3-c2cccc(C#N)c2-c2c(-c3ccc(C(F)(F)F)cc3C(F)(F)F)cccc2-n2c3ccc(-c4ccc(C(F)(F)F)cc4C)cc3c3cc(-c4ccc(C)cc4C(F)(F)F)ccc32)c(C)c1. The maximum Gasteiger partial charge on any atom is 0.417 e. The lowest BCUT2D eigenvalue weighted by atomic mass is 9.86. The molecule has 13 rings (SSSR count). The zero-order valence-corrected chi connectivity index (χ0v) is 51.2. The van der Waals surface area contributed by atoms with E-state index in [2.05, 4.69) is 6.07 Å². The first-order chi connectivity index (χ1) is 46.0. The Kier molecular flexibility index (Phi) is 15.6. The standard InChI is InChI=1S/C77H45F18N3/c1-39-11-20-51(41(3)29-39)43-13-25-64-57(32-43)59-35-46(54-23-18-49(73(81,82)83)36-62(54)76(90,91)92)16-27-65(59)97(64)68-9-5-7-47(38-96)70(68)71-56(55-24-19-50(74(84,85)86)37-63(55)77(93,94)95)8-6-10-69(71)98-66-26-14-44(52-22-17-48(31-42(52)4)72(78,79)80)33-58(66)60-34-45(15-28-67(60)98)53-21-12-40(2)30-61(53)75(87,88)89/h5-37H,1-4H3. The Morgan fingerprint density at radius 1 is 0.286 bits per heavy atom. The van der Waals surface area contributed by atoms with Crippen molar-refractivity contribution in [1.29, 1.82) is 5.26 Å². The van der Waals surface area contributed by atoms with Crippen LogP contribution in [-0.4, -0.2) is 9.13 Å². The number of aromatic nitrogens is 2. The summed E-state index contributed by atoms with van der Waals surface area (Å²) in [5.74, 6) is 0. The molecule has 0 aliphatic heterocycles. The Morgan fingerprint density at radius 2 is 0.622 bits per heavy atom. The van der Waals surface area contributed by atoms with Gasteiger partial charge >= 0.3 is 37.1 Å². The molecule has 11 aromatic carbocycles. The third-order valence-corrected chi connectivity index (χ3v) is 17.7. The third kappa shape index (κ3) is 11.6. The molecular formula is C77H45F18N3. The van der Waals surface area contributed by atoms with Gasteiger partial charge in [-0.15, -0.1) is 0 Å². The molecule has 0 aliphatic carbocycles. The highest BCUT2D eigenvalue weighted by atomic mass is 19.4. The minimum absolute atomic E-state index is 0.000396. The summed E-state index contributed by atoms with van der Waals surface area (Å²) in [4.78, 5) is 0. The number of aryl methyl sites for hydroxylation is 4. The largest absolute Gasteiger partial charge is 0.417 e. The normalized spacial score (nSPS) is 12.8. The minimum Gasteiger partial charge on any atom is -0.309 e. The Bertz CT molecular complexity index is 5490. The Balaban J connectivity index is 1.17. The quantitative estimate of drug-likeness (QED) is 0.140. The highest BCUT2D eigenvalue weighted by Crippen LogP contribution is 2.52. The predicted molar refractivity (Wildman–Crippen MR) is 341 cm³/mol. The predicted octanol–water partition coefficient (Wildman–Crippen LogP) is 25.1. The second-order valence-electron chi connectivity index (χ2n) is 24.0. The van der Waals surface area contributed by atoms with Crippen LogP contribution in [0.25, 0.3) is 122 Å². The van der Waals surface area contributed by atoms with Crippen LogP contribution in [0.15, 0.2) is 200 Å². The molecule has 0 aliphatic rings. The number of hydrogen-bond acceptors (Lipinski definition) is 1. The Labute approximate surface area is 545 Å². The van der Waals surface area contributed by atoms with E-state index in [1.807, 2.05) is 32.0 Å². The molecule has 13 aromatic rings. The second-order valence-corrected chi connectivity index (χ2v) is 24.0. The number of halogens is 18. The maximum absolute atomic E-state index is 15.9. The van der Waals surface area contributed by atoms with Gasteiger partial charge in [-0.25, -0.2) is 0 Å². The smallest absolute Gasteiger partial charge is 0.309 e. The molecule has 98 heavy (non-hydrogen) atoms. The van der Waals surface area contributed by atoms with Gasteiger partial charge in [0.25, 0.3) is 0 Å². The summed E-state index contributed by atoms with van der Waals surface area (Å²) >= 11 is 0. The zero-order chi connectivity index (χ0) is 70.2. The molecule has 0 radical (unpaired) electrons. The van der Waals surface area contributed by atoms with Crippen molar-refractivity contribution < 1.29 is 79.0 Å². The van der Waals surface area contributed by atoms with Crippen LogP contribution in [0.3, 0.4) is 0 Å². The molecular weight excluding hydrogens is 1310 g/mol.